The number of H-pyrrole nitrogens is 1. The van der Waals surface area contributed by atoms with Crippen LogP contribution in [0, 0.1) is 4.77 Å². The summed E-state index contributed by atoms with van der Waals surface area (Å²) in [6.45, 7) is 0. The van der Waals surface area contributed by atoms with Gasteiger partial charge in [0, 0.05) is 5.56 Å². The Morgan fingerprint density at radius 1 is 1.28 bits per heavy atom. The number of nitrogens with one attached hydrogen (secondary N) is 2. The Bertz CT molecular complexity index is 1120. The highest BCUT2D eigenvalue weighted by atomic mass is 32.1. The molecular weight excluding hydrogens is 358 g/mol. The van der Waals surface area contributed by atoms with Gasteiger partial charge in [-0.05, 0) is 53.4 Å². The number of aromatic nitrogens is 3. The summed E-state index contributed by atoms with van der Waals surface area (Å²) in [5.41, 5.74) is 8.00. The first-order chi connectivity index (χ1) is 12.0. The van der Waals surface area contributed by atoms with Crippen molar-refractivity contribution in [2.24, 2.45) is 5.73 Å². The summed E-state index contributed by atoms with van der Waals surface area (Å²) in [6, 6.07) is 11.0. The molecule has 2 aromatic carbocycles. The van der Waals surface area contributed by atoms with E-state index in [4.69, 9.17) is 30.2 Å². The molecule has 25 heavy (non-hydrogen) atoms. The monoisotopic (exact) mass is 371 g/mol. The molecule has 7 nitrogen and oxygen atoms in total. The van der Waals surface area contributed by atoms with Crippen molar-refractivity contribution in [3.8, 4) is 5.75 Å². The number of hydrogen-bond donors (Lipinski definition) is 4. The summed E-state index contributed by atoms with van der Waals surface area (Å²) in [5.74, 6) is 0.0976. The normalized spacial score (nSPS) is 11.0. The molecule has 3 rings (SSSR count). The molecule has 1 aromatic heterocycles. The van der Waals surface area contributed by atoms with E-state index in [9.17, 15) is 9.90 Å². The summed E-state index contributed by atoms with van der Waals surface area (Å²) in [6.07, 6.45) is 3.09. The van der Waals surface area contributed by atoms with Crippen molar-refractivity contribution in [2.75, 3.05) is 5.43 Å². The SMILES string of the molecule is NC(=S)Nn1c(=S)[nH]nc(/C=C/c2c(O)ccc3ccccc23)c1=O. The van der Waals surface area contributed by atoms with Gasteiger partial charge in [0.1, 0.15) is 5.75 Å². The largest absolute Gasteiger partial charge is 0.507 e. The number of nitrogens with zero attached hydrogens (tertiary/aromatic N) is 2. The van der Waals surface area contributed by atoms with Gasteiger partial charge in [-0.15, -0.1) is 0 Å². The van der Waals surface area contributed by atoms with E-state index >= 15 is 0 Å². The Kier molecular flexibility index (Phi) is 4.59. The van der Waals surface area contributed by atoms with Crippen LogP contribution in [0.2, 0.25) is 0 Å². The van der Waals surface area contributed by atoms with Crippen LogP contribution in [0.3, 0.4) is 0 Å². The summed E-state index contributed by atoms with van der Waals surface area (Å²) >= 11 is 9.71. The van der Waals surface area contributed by atoms with Gasteiger partial charge in [-0.25, -0.2) is 0 Å². The average Bonchev–Trinajstić information content (AvgIpc) is 2.59. The topological polar surface area (TPSA) is 109 Å². The quantitative estimate of drug-likeness (QED) is 0.522. The third-order valence-electron chi connectivity index (χ3n) is 3.47. The molecule has 126 valence electrons. The van der Waals surface area contributed by atoms with E-state index in [1.165, 1.54) is 6.08 Å². The number of aromatic hydroxyl groups is 1. The van der Waals surface area contributed by atoms with Crippen molar-refractivity contribution in [3.05, 3.63) is 62.8 Å². The molecule has 0 aliphatic rings. The van der Waals surface area contributed by atoms with Crippen LogP contribution in [0.4, 0.5) is 0 Å². The highest BCUT2D eigenvalue weighted by Crippen LogP contribution is 2.28. The van der Waals surface area contributed by atoms with Crippen LogP contribution in [-0.4, -0.2) is 25.1 Å². The van der Waals surface area contributed by atoms with Gasteiger partial charge in [0.05, 0.1) is 0 Å². The Morgan fingerprint density at radius 3 is 2.80 bits per heavy atom. The number of phenolic OH excluding ortho intramolecular Hbond substituents is 1. The van der Waals surface area contributed by atoms with E-state index in [2.05, 4.69) is 15.6 Å². The maximum Gasteiger partial charge on any atom is 0.299 e. The molecule has 0 aliphatic carbocycles. The molecule has 0 amide bonds. The van der Waals surface area contributed by atoms with E-state index in [0.717, 1.165) is 15.4 Å². The van der Waals surface area contributed by atoms with Gasteiger partial charge in [0.2, 0.25) is 4.77 Å². The Hall–Kier alpha value is -3.04. The predicted octanol–water partition coefficient (Wildman–Crippen LogP) is 2.12. The molecular formula is C16H13N5O2S2. The molecule has 3 aromatic rings. The van der Waals surface area contributed by atoms with E-state index < -0.39 is 5.56 Å². The number of rotatable bonds is 3. The second-order valence-corrected chi connectivity index (χ2v) is 5.91. The molecule has 1 heterocycles. The highest BCUT2D eigenvalue weighted by Gasteiger charge is 2.07. The summed E-state index contributed by atoms with van der Waals surface area (Å²) in [7, 11) is 0. The first-order valence-electron chi connectivity index (χ1n) is 7.14. The fourth-order valence-electron chi connectivity index (χ4n) is 2.35. The van der Waals surface area contributed by atoms with Crippen molar-refractivity contribution in [1.29, 1.82) is 0 Å². The standard InChI is InChI=1S/C16H13N5O2S2/c17-15(24)20-21-14(23)12(18-19-16(21)25)7-6-11-10-4-2-1-3-9(10)5-8-13(11)22/h1-8,22H,(H,19,25)(H3,17,20,24)/b7-6+. The number of aromatic amines is 1. The maximum absolute atomic E-state index is 12.4. The average molecular weight is 371 g/mol. The van der Waals surface area contributed by atoms with Crippen LogP contribution in [0.1, 0.15) is 11.3 Å². The number of fused-ring (bicyclic) bond motifs is 1. The van der Waals surface area contributed by atoms with Gasteiger partial charge in [0.15, 0.2) is 10.8 Å². The smallest absolute Gasteiger partial charge is 0.299 e. The highest BCUT2D eigenvalue weighted by molar-refractivity contribution is 7.80. The van der Waals surface area contributed by atoms with Crippen LogP contribution in [0.25, 0.3) is 22.9 Å². The molecule has 0 aliphatic heterocycles. The molecule has 0 fully saturated rings. The number of thiocarbonyl (C=S) groups is 1. The second kappa shape index (κ2) is 6.83. The van der Waals surface area contributed by atoms with E-state index in [1.807, 2.05) is 30.3 Å². The second-order valence-electron chi connectivity index (χ2n) is 5.08. The lowest BCUT2D eigenvalue weighted by Crippen LogP contribution is -2.38. The summed E-state index contributed by atoms with van der Waals surface area (Å²) < 4.78 is 1.02. The van der Waals surface area contributed by atoms with E-state index in [0.29, 0.717) is 5.56 Å². The van der Waals surface area contributed by atoms with Crippen LogP contribution < -0.4 is 16.7 Å². The number of phenols is 1. The van der Waals surface area contributed by atoms with Crippen molar-refractivity contribution in [3.63, 3.8) is 0 Å². The van der Waals surface area contributed by atoms with Gasteiger partial charge in [-0.1, -0.05) is 30.3 Å². The van der Waals surface area contributed by atoms with Crippen molar-refractivity contribution >= 4 is 52.5 Å². The zero-order chi connectivity index (χ0) is 18.0. The Labute approximate surface area is 152 Å². The molecule has 0 spiro atoms. The molecule has 5 N–H and O–H groups in total. The van der Waals surface area contributed by atoms with Gasteiger partial charge in [-0.3, -0.25) is 15.3 Å². The van der Waals surface area contributed by atoms with Crippen molar-refractivity contribution in [1.82, 2.24) is 14.9 Å². The van der Waals surface area contributed by atoms with Crippen molar-refractivity contribution < 1.29 is 5.11 Å². The number of nitrogens with two attached hydrogens (primary N) is 1. The lowest BCUT2D eigenvalue weighted by atomic mass is 10.0. The molecule has 0 atom stereocenters. The lowest BCUT2D eigenvalue weighted by molar-refractivity contribution is 0.475. The zero-order valence-corrected chi connectivity index (χ0v) is 14.4. The van der Waals surface area contributed by atoms with Gasteiger partial charge in [0.25, 0.3) is 5.56 Å². The third kappa shape index (κ3) is 3.42. The first-order valence-corrected chi connectivity index (χ1v) is 7.96. The van der Waals surface area contributed by atoms with Gasteiger partial charge in [-0.2, -0.15) is 9.77 Å². The van der Waals surface area contributed by atoms with E-state index in [1.54, 1.807) is 12.1 Å². The van der Waals surface area contributed by atoms with Crippen LogP contribution in [-0.2, 0) is 0 Å². The Balaban J connectivity index is 2.10. The van der Waals surface area contributed by atoms with Gasteiger partial charge < -0.3 is 10.8 Å². The predicted molar refractivity (Wildman–Crippen MR) is 104 cm³/mol. The van der Waals surface area contributed by atoms with Crippen LogP contribution >= 0.6 is 24.4 Å². The minimum atomic E-state index is -0.521. The number of benzene rings is 2. The molecule has 0 saturated heterocycles. The fraction of sp³-hybridized carbons (Fsp3) is 0. The minimum absolute atomic E-state index is 0.0305. The molecule has 0 saturated carbocycles. The Morgan fingerprint density at radius 2 is 2.04 bits per heavy atom. The third-order valence-corrected chi connectivity index (χ3v) is 3.84. The summed E-state index contributed by atoms with van der Waals surface area (Å²) in [4.78, 5) is 12.4. The molecule has 9 heteroatoms. The summed E-state index contributed by atoms with van der Waals surface area (Å²) in [5, 5.41) is 18.3. The van der Waals surface area contributed by atoms with Crippen molar-refractivity contribution in [2.45, 2.75) is 0 Å². The first kappa shape index (κ1) is 16.8. The molecule has 0 unspecified atom stereocenters. The fourth-order valence-corrected chi connectivity index (χ4v) is 2.62. The van der Waals surface area contributed by atoms with Crippen LogP contribution in [0.15, 0.2) is 41.2 Å². The molecule has 0 radical (unpaired) electrons. The van der Waals surface area contributed by atoms with Gasteiger partial charge >= 0.3 is 0 Å². The number of hydrogen-bond acceptors (Lipinski definition) is 5. The minimum Gasteiger partial charge on any atom is -0.507 e. The lowest BCUT2D eigenvalue weighted by Gasteiger charge is -2.07. The maximum atomic E-state index is 12.4. The van der Waals surface area contributed by atoms with Crippen LogP contribution in [0.5, 0.6) is 5.75 Å². The zero-order valence-electron chi connectivity index (χ0n) is 12.8. The van der Waals surface area contributed by atoms with E-state index in [-0.39, 0.29) is 21.3 Å². The molecule has 0 bridgehead atoms.